The molecule has 0 bridgehead atoms. The highest BCUT2D eigenvalue weighted by Crippen LogP contribution is 2.13. The average molecular weight is 291 g/mol. The average Bonchev–Trinajstić information content (AvgIpc) is 2.40. The van der Waals surface area contributed by atoms with E-state index in [2.05, 4.69) is 22.5 Å². The zero-order valence-corrected chi connectivity index (χ0v) is 11.6. The molecule has 1 aromatic rings. The van der Waals surface area contributed by atoms with E-state index in [1.165, 1.54) is 13.0 Å². The Hall–Kier alpha value is -2.83. The van der Waals surface area contributed by atoms with E-state index in [0.717, 1.165) is 0 Å². The lowest BCUT2D eigenvalue weighted by Gasteiger charge is -2.13. The summed E-state index contributed by atoms with van der Waals surface area (Å²) >= 11 is 0. The summed E-state index contributed by atoms with van der Waals surface area (Å²) in [4.78, 5) is 33.4. The van der Waals surface area contributed by atoms with E-state index in [0.29, 0.717) is 11.4 Å². The number of carboxylic acids is 1. The van der Waals surface area contributed by atoms with Gasteiger partial charge in [-0.1, -0.05) is 6.08 Å². The fraction of sp³-hybridized carbons (Fsp3) is 0.214. The number of rotatable bonds is 6. The Balaban J connectivity index is 2.59. The SMILES string of the molecule is C=CCC(NC(=O)Nc1ccc(NC(C)=O)cc1)C(=O)O. The Morgan fingerprint density at radius 3 is 2.14 bits per heavy atom. The summed E-state index contributed by atoms with van der Waals surface area (Å²) in [5.41, 5.74) is 1.08. The van der Waals surface area contributed by atoms with E-state index in [4.69, 9.17) is 5.11 Å². The first kappa shape index (κ1) is 16.2. The number of benzene rings is 1. The van der Waals surface area contributed by atoms with Crippen molar-refractivity contribution in [2.45, 2.75) is 19.4 Å². The van der Waals surface area contributed by atoms with Crippen LogP contribution in [0.5, 0.6) is 0 Å². The quantitative estimate of drug-likeness (QED) is 0.599. The van der Waals surface area contributed by atoms with Crippen molar-refractivity contribution < 1.29 is 19.5 Å². The van der Waals surface area contributed by atoms with Gasteiger partial charge in [0.15, 0.2) is 0 Å². The molecule has 0 aromatic heterocycles. The maximum absolute atomic E-state index is 11.7. The number of anilines is 2. The molecule has 0 aliphatic carbocycles. The van der Waals surface area contributed by atoms with Gasteiger partial charge in [0.25, 0.3) is 0 Å². The van der Waals surface area contributed by atoms with Crippen LogP contribution in [-0.4, -0.2) is 29.1 Å². The molecule has 0 saturated carbocycles. The summed E-state index contributed by atoms with van der Waals surface area (Å²) in [6.45, 7) is 4.83. The molecular weight excluding hydrogens is 274 g/mol. The topological polar surface area (TPSA) is 108 Å². The molecule has 1 aromatic carbocycles. The van der Waals surface area contributed by atoms with Crippen molar-refractivity contribution in [2.24, 2.45) is 0 Å². The maximum atomic E-state index is 11.7. The molecule has 0 radical (unpaired) electrons. The lowest BCUT2D eigenvalue weighted by atomic mass is 10.2. The standard InChI is InChI=1S/C14H17N3O4/c1-3-4-12(13(19)20)17-14(21)16-11-7-5-10(6-8-11)15-9(2)18/h3,5-8,12H,1,4H2,2H3,(H,15,18)(H,19,20)(H2,16,17,21). The Morgan fingerprint density at radius 2 is 1.71 bits per heavy atom. The molecule has 0 aliphatic rings. The molecule has 7 heteroatoms. The van der Waals surface area contributed by atoms with Crippen LogP contribution >= 0.6 is 0 Å². The monoisotopic (exact) mass is 291 g/mol. The fourth-order valence-electron chi connectivity index (χ4n) is 1.55. The van der Waals surface area contributed by atoms with Gasteiger partial charge in [-0.25, -0.2) is 9.59 Å². The molecule has 112 valence electrons. The molecule has 4 N–H and O–H groups in total. The number of aliphatic carboxylic acids is 1. The minimum absolute atomic E-state index is 0.129. The van der Waals surface area contributed by atoms with Crippen LogP contribution < -0.4 is 16.0 Å². The molecule has 0 spiro atoms. The summed E-state index contributed by atoms with van der Waals surface area (Å²) in [6, 6.07) is 4.77. The normalized spacial score (nSPS) is 11.1. The molecule has 1 unspecified atom stereocenters. The second-order valence-corrected chi connectivity index (χ2v) is 4.27. The highest BCUT2D eigenvalue weighted by molar-refractivity contribution is 5.93. The number of urea groups is 1. The zero-order chi connectivity index (χ0) is 15.8. The van der Waals surface area contributed by atoms with E-state index < -0.39 is 18.0 Å². The van der Waals surface area contributed by atoms with Crippen molar-refractivity contribution >= 4 is 29.3 Å². The van der Waals surface area contributed by atoms with E-state index in [1.807, 2.05) is 0 Å². The Bertz CT molecular complexity index is 540. The van der Waals surface area contributed by atoms with Gasteiger partial charge >= 0.3 is 12.0 Å². The van der Waals surface area contributed by atoms with Crippen molar-refractivity contribution in [1.82, 2.24) is 5.32 Å². The Morgan fingerprint density at radius 1 is 1.19 bits per heavy atom. The van der Waals surface area contributed by atoms with E-state index >= 15 is 0 Å². The number of hydrogen-bond acceptors (Lipinski definition) is 3. The van der Waals surface area contributed by atoms with Gasteiger partial charge in [-0.2, -0.15) is 0 Å². The highest BCUT2D eigenvalue weighted by Gasteiger charge is 2.18. The number of carboxylic acid groups (broad SMARTS) is 1. The van der Waals surface area contributed by atoms with Gasteiger partial charge < -0.3 is 21.1 Å². The lowest BCUT2D eigenvalue weighted by molar-refractivity contribution is -0.139. The van der Waals surface area contributed by atoms with E-state index in [-0.39, 0.29) is 12.3 Å². The van der Waals surface area contributed by atoms with Crippen LogP contribution in [-0.2, 0) is 9.59 Å². The summed E-state index contributed by atoms with van der Waals surface area (Å²) in [6.07, 6.45) is 1.55. The third kappa shape index (κ3) is 5.77. The number of amides is 3. The summed E-state index contributed by atoms with van der Waals surface area (Å²) in [5.74, 6) is -1.33. The van der Waals surface area contributed by atoms with Crippen LogP contribution in [0, 0.1) is 0 Å². The largest absolute Gasteiger partial charge is 0.480 e. The van der Waals surface area contributed by atoms with E-state index in [1.54, 1.807) is 24.3 Å². The number of hydrogen-bond donors (Lipinski definition) is 4. The molecule has 3 amide bonds. The van der Waals surface area contributed by atoms with Gasteiger partial charge in [0.2, 0.25) is 5.91 Å². The van der Waals surface area contributed by atoms with Gasteiger partial charge in [-0.3, -0.25) is 4.79 Å². The summed E-state index contributed by atoms with van der Waals surface area (Å²) in [5, 5.41) is 16.3. The van der Waals surface area contributed by atoms with Gasteiger partial charge in [0, 0.05) is 18.3 Å². The molecule has 7 nitrogen and oxygen atoms in total. The third-order valence-corrected chi connectivity index (χ3v) is 2.47. The smallest absolute Gasteiger partial charge is 0.326 e. The molecule has 1 rings (SSSR count). The lowest BCUT2D eigenvalue weighted by Crippen LogP contribution is -2.42. The molecule has 0 heterocycles. The van der Waals surface area contributed by atoms with Crippen molar-refractivity contribution in [3.63, 3.8) is 0 Å². The van der Waals surface area contributed by atoms with Crippen LogP contribution in [0.3, 0.4) is 0 Å². The van der Waals surface area contributed by atoms with Gasteiger partial charge in [0.05, 0.1) is 0 Å². The fourth-order valence-corrected chi connectivity index (χ4v) is 1.55. The third-order valence-electron chi connectivity index (χ3n) is 2.47. The van der Waals surface area contributed by atoms with Crippen LogP contribution in [0.2, 0.25) is 0 Å². The molecule has 0 saturated heterocycles. The van der Waals surface area contributed by atoms with Gasteiger partial charge in [-0.05, 0) is 30.7 Å². The predicted molar refractivity (Wildman–Crippen MR) is 79.1 cm³/mol. The molecule has 0 fully saturated rings. The minimum Gasteiger partial charge on any atom is -0.480 e. The summed E-state index contributed by atoms with van der Waals surface area (Å²) in [7, 11) is 0. The molecule has 21 heavy (non-hydrogen) atoms. The second kappa shape index (κ2) is 7.68. The maximum Gasteiger partial charge on any atom is 0.326 e. The van der Waals surface area contributed by atoms with Crippen molar-refractivity contribution in [3.05, 3.63) is 36.9 Å². The van der Waals surface area contributed by atoms with Crippen molar-refractivity contribution in [3.8, 4) is 0 Å². The zero-order valence-electron chi connectivity index (χ0n) is 11.6. The number of carbonyl (C=O) groups excluding carboxylic acids is 2. The van der Waals surface area contributed by atoms with Crippen LogP contribution in [0.4, 0.5) is 16.2 Å². The van der Waals surface area contributed by atoms with Crippen LogP contribution in [0.1, 0.15) is 13.3 Å². The van der Waals surface area contributed by atoms with Crippen molar-refractivity contribution in [2.75, 3.05) is 10.6 Å². The predicted octanol–water partition coefficient (Wildman–Crippen LogP) is 1.80. The molecular formula is C14H17N3O4. The Kier molecular flexibility index (Phi) is 5.94. The van der Waals surface area contributed by atoms with Crippen molar-refractivity contribution in [1.29, 1.82) is 0 Å². The second-order valence-electron chi connectivity index (χ2n) is 4.27. The first-order valence-corrected chi connectivity index (χ1v) is 6.21. The molecule has 0 aliphatic heterocycles. The number of carbonyl (C=O) groups is 3. The first-order valence-electron chi connectivity index (χ1n) is 6.21. The van der Waals surface area contributed by atoms with Crippen LogP contribution in [0.25, 0.3) is 0 Å². The van der Waals surface area contributed by atoms with Gasteiger partial charge in [0.1, 0.15) is 6.04 Å². The Labute approximate surface area is 122 Å². The summed E-state index contributed by atoms with van der Waals surface area (Å²) < 4.78 is 0. The minimum atomic E-state index is -1.13. The van der Waals surface area contributed by atoms with Gasteiger partial charge in [-0.15, -0.1) is 6.58 Å². The number of nitrogens with one attached hydrogen (secondary N) is 3. The van der Waals surface area contributed by atoms with Crippen LogP contribution in [0.15, 0.2) is 36.9 Å². The van der Waals surface area contributed by atoms with E-state index in [9.17, 15) is 14.4 Å². The first-order chi connectivity index (χ1) is 9.92. The molecule has 1 atom stereocenters. The highest BCUT2D eigenvalue weighted by atomic mass is 16.4.